The molecule has 0 bridgehead atoms. The van der Waals surface area contributed by atoms with Crippen molar-refractivity contribution in [1.82, 2.24) is 9.55 Å². The molecular weight excluding hydrogens is 193 g/mol. The van der Waals surface area contributed by atoms with Crippen molar-refractivity contribution in [2.24, 2.45) is 7.05 Å². The lowest BCUT2D eigenvalue weighted by atomic mass is 10.3. The number of anilines is 1. The van der Waals surface area contributed by atoms with Gasteiger partial charge in [0.25, 0.3) is 0 Å². The first-order valence-corrected chi connectivity index (χ1v) is 4.71. The summed E-state index contributed by atoms with van der Waals surface area (Å²) in [6.45, 7) is 0.650. The quantitative estimate of drug-likeness (QED) is 0.778. The van der Waals surface area contributed by atoms with Gasteiger partial charge in [0, 0.05) is 26.0 Å². The Bertz CT molecular complexity index is 451. The van der Waals surface area contributed by atoms with E-state index in [1.54, 1.807) is 12.1 Å². The fourth-order valence-corrected chi connectivity index (χ4v) is 1.36. The number of aromatic nitrogens is 2. The third-order valence-electron chi connectivity index (χ3n) is 2.08. The number of rotatable bonds is 3. The van der Waals surface area contributed by atoms with Gasteiger partial charge in [-0.15, -0.1) is 0 Å². The molecule has 0 amide bonds. The molecule has 0 spiro atoms. The highest BCUT2D eigenvalue weighted by Crippen LogP contribution is 2.06. The number of nitrogens with zero attached hydrogens (tertiary/aromatic N) is 2. The zero-order valence-corrected chi connectivity index (χ0v) is 8.44. The molecule has 0 aliphatic carbocycles. The zero-order chi connectivity index (χ0) is 10.7. The number of aryl methyl sites for hydroxylation is 1. The fraction of sp³-hybridized carbons (Fsp3) is 0.182. The fourth-order valence-electron chi connectivity index (χ4n) is 1.36. The average Bonchev–Trinajstić information content (AvgIpc) is 2.62. The summed E-state index contributed by atoms with van der Waals surface area (Å²) in [4.78, 5) is 3.71. The first-order valence-electron chi connectivity index (χ1n) is 4.71. The van der Waals surface area contributed by atoms with E-state index in [2.05, 4.69) is 10.3 Å². The van der Waals surface area contributed by atoms with Crippen LogP contribution in [0, 0.1) is 5.95 Å². The van der Waals surface area contributed by atoms with Crippen LogP contribution in [0.4, 0.5) is 10.2 Å². The van der Waals surface area contributed by atoms with Crippen LogP contribution >= 0.6 is 0 Å². The van der Waals surface area contributed by atoms with E-state index in [9.17, 15) is 4.39 Å². The van der Waals surface area contributed by atoms with Crippen LogP contribution in [0.2, 0.25) is 0 Å². The molecule has 2 aromatic rings. The number of nitrogens with one attached hydrogen (secondary N) is 1. The molecule has 0 fully saturated rings. The Kier molecular flexibility index (Phi) is 2.67. The van der Waals surface area contributed by atoms with E-state index in [0.29, 0.717) is 12.4 Å². The molecule has 0 aliphatic heterocycles. The predicted molar refractivity (Wildman–Crippen MR) is 56.9 cm³/mol. The summed E-state index contributed by atoms with van der Waals surface area (Å²) in [6.07, 6.45) is 3.97. The van der Waals surface area contributed by atoms with E-state index in [0.717, 1.165) is 5.56 Å². The Morgan fingerprint density at radius 2 is 2.27 bits per heavy atom. The topological polar surface area (TPSA) is 29.9 Å². The first kappa shape index (κ1) is 9.71. The average molecular weight is 205 g/mol. The van der Waals surface area contributed by atoms with Crippen LogP contribution in [0.25, 0.3) is 0 Å². The van der Waals surface area contributed by atoms with Crippen molar-refractivity contribution in [2.45, 2.75) is 6.54 Å². The summed E-state index contributed by atoms with van der Waals surface area (Å²) in [6, 6.07) is 6.71. The summed E-state index contributed by atoms with van der Waals surface area (Å²) in [5, 5.41) is 3.05. The van der Waals surface area contributed by atoms with Gasteiger partial charge < -0.3 is 9.88 Å². The van der Waals surface area contributed by atoms with Crippen molar-refractivity contribution in [1.29, 1.82) is 0 Å². The Hall–Kier alpha value is -1.84. The van der Waals surface area contributed by atoms with Gasteiger partial charge in [-0.1, -0.05) is 6.07 Å². The molecular formula is C11H12FN3. The van der Waals surface area contributed by atoms with Crippen molar-refractivity contribution in [3.63, 3.8) is 0 Å². The maximum atomic E-state index is 12.7. The predicted octanol–water partition coefficient (Wildman–Crippen LogP) is 2.17. The maximum absolute atomic E-state index is 12.7. The largest absolute Gasteiger partial charge is 0.366 e. The second-order valence-electron chi connectivity index (χ2n) is 3.38. The molecule has 2 rings (SSSR count). The molecule has 4 heteroatoms. The number of hydrogen-bond donors (Lipinski definition) is 1. The van der Waals surface area contributed by atoms with Crippen molar-refractivity contribution in [2.75, 3.05) is 5.32 Å². The lowest BCUT2D eigenvalue weighted by molar-refractivity contribution is 0.585. The Morgan fingerprint density at radius 3 is 2.93 bits per heavy atom. The Labute approximate surface area is 87.6 Å². The van der Waals surface area contributed by atoms with E-state index in [-0.39, 0.29) is 0 Å². The molecule has 0 unspecified atom stereocenters. The third kappa shape index (κ3) is 2.56. The molecule has 2 heterocycles. The number of pyridine rings is 1. The molecule has 78 valence electrons. The minimum absolute atomic E-state index is 0.465. The van der Waals surface area contributed by atoms with Gasteiger partial charge in [-0.2, -0.15) is 4.39 Å². The first-order chi connectivity index (χ1) is 7.24. The number of hydrogen-bond acceptors (Lipinski definition) is 2. The summed E-state index contributed by atoms with van der Waals surface area (Å²) >= 11 is 0. The lowest BCUT2D eigenvalue weighted by Crippen LogP contribution is -2.01. The van der Waals surface area contributed by atoms with Crippen LogP contribution in [0.15, 0.2) is 36.7 Å². The zero-order valence-electron chi connectivity index (χ0n) is 8.44. The normalized spacial score (nSPS) is 10.3. The third-order valence-corrected chi connectivity index (χ3v) is 2.08. The van der Waals surface area contributed by atoms with Gasteiger partial charge in [-0.25, -0.2) is 4.98 Å². The molecule has 0 radical (unpaired) electrons. The van der Waals surface area contributed by atoms with Crippen LogP contribution in [0.1, 0.15) is 5.56 Å². The van der Waals surface area contributed by atoms with Crippen molar-refractivity contribution in [3.8, 4) is 0 Å². The molecule has 1 N–H and O–H groups in total. The van der Waals surface area contributed by atoms with Gasteiger partial charge in [0.1, 0.15) is 5.82 Å². The van der Waals surface area contributed by atoms with Crippen LogP contribution in [-0.2, 0) is 13.6 Å². The molecule has 0 aromatic carbocycles. The summed E-state index contributed by atoms with van der Waals surface area (Å²) in [5.74, 6) is 0.0897. The number of halogens is 1. The van der Waals surface area contributed by atoms with Gasteiger partial charge >= 0.3 is 0 Å². The van der Waals surface area contributed by atoms with Crippen molar-refractivity contribution >= 4 is 5.82 Å². The van der Waals surface area contributed by atoms with E-state index >= 15 is 0 Å². The van der Waals surface area contributed by atoms with Gasteiger partial charge in [-0.05, 0) is 23.8 Å². The van der Waals surface area contributed by atoms with Gasteiger partial charge in [0.2, 0.25) is 5.95 Å². The highest BCUT2D eigenvalue weighted by molar-refractivity contribution is 5.34. The van der Waals surface area contributed by atoms with Gasteiger partial charge in [-0.3, -0.25) is 0 Å². The second-order valence-corrected chi connectivity index (χ2v) is 3.38. The molecule has 0 aliphatic rings. The van der Waals surface area contributed by atoms with Gasteiger partial charge in [0.15, 0.2) is 0 Å². The van der Waals surface area contributed by atoms with Crippen molar-refractivity contribution < 1.29 is 4.39 Å². The molecule has 0 atom stereocenters. The monoisotopic (exact) mass is 205 g/mol. The van der Waals surface area contributed by atoms with E-state index in [1.165, 1.54) is 6.07 Å². The minimum atomic E-state index is -0.465. The smallest absolute Gasteiger partial charge is 0.214 e. The molecule has 0 saturated heterocycles. The second kappa shape index (κ2) is 4.13. The van der Waals surface area contributed by atoms with E-state index in [4.69, 9.17) is 0 Å². The van der Waals surface area contributed by atoms with Crippen LogP contribution in [0.5, 0.6) is 0 Å². The SMILES string of the molecule is Cn1ccc(CNc2cccc(F)n2)c1. The Balaban J connectivity index is 1.99. The van der Waals surface area contributed by atoms with Gasteiger partial charge in [0.05, 0.1) is 0 Å². The van der Waals surface area contributed by atoms with Crippen LogP contribution < -0.4 is 5.32 Å². The standard InChI is InChI=1S/C11H12FN3/c1-15-6-5-9(8-15)7-13-11-4-2-3-10(12)14-11/h2-6,8H,7H2,1H3,(H,13,14). The molecule has 3 nitrogen and oxygen atoms in total. The van der Waals surface area contributed by atoms with Crippen molar-refractivity contribution in [3.05, 3.63) is 48.2 Å². The maximum Gasteiger partial charge on any atom is 0.214 e. The highest BCUT2D eigenvalue weighted by atomic mass is 19.1. The lowest BCUT2D eigenvalue weighted by Gasteiger charge is -2.03. The van der Waals surface area contributed by atoms with Crippen LogP contribution in [0.3, 0.4) is 0 Å². The minimum Gasteiger partial charge on any atom is -0.366 e. The van der Waals surface area contributed by atoms with E-state index in [1.807, 2.05) is 30.1 Å². The highest BCUT2D eigenvalue weighted by Gasteiger charge is 1.97. The summed E-state index contributed by atoms with van der Waals surface area (Å²) in [7, 11) is 1.96. The molecule has 0 saturated carbocycles. The van der Waals surface area contributed by atoms with E-state index < -0.39 is 5.95 Å². The summed E-state index contributed by atoms with van der Waals surface area (Å²) in [5.41, 5.74) is 1.14. The Morgan fingerprint density at radius 1 is 1.40 bits per heavy atom. The molecule has 2 aromatic heterocycles. The summed E-state index contributed by atoms with van der Waals surface area (Å²) < 4.78 is 14.7. The van der Waals surface area contributed by atoms with Crippen LogP contribution in [-0.4, -0.2) is 9.55 Å². The molecule has 15 heavy (non-hydrogen) atoms.